The Morgan fingerprint density at radius 1 is 1.29 bits per heavy atom. The van der Waals surface area contributed by atoms with Gasteiger partial charge >= 0.3 is 0 Å². The summed E-state index contributed by atoms with van der Waals surface area (Å²) in [6, 6.07) is 6.31. The first-order valence-electron chi connectivity index (χ1n) is 8.40. The van der Waals surface area contributed by atoms with Crippen molar-refractivity contribution in [1.29, 1.82) is 0 Å². The minimum atomic E-state index is -0.598. The van der Waals surface area contributed by atoms with E-state index in [0.717, 1.165) is 5.69 Å². The predicted octanol–water partition coefficient (Wildman–Crippen LogP) is 3.11. The molecule has 1 aromatic heterocycles. The number of likely N-dealkylation sites (N-methyl/N-ethyl adjacent to an activating group) is 1. The zero-order valence-electron chi connectivity index (χ0n) is 16.4. The monoisotopic (exact) mass is 456 g/mol. The van der Waals surface area contributed by atoms with Crippen molar-refractivity contribution in [2.24, 2.45) is 0 Å². The fourth-order valence-electron chi connectivity index (χ4n) is 2.45. The number of carbonyl (C=O) groups is 2. The second-order valence-electron chi connectivity index (χ2n) is 6.92. The second kappa shape index (κ2) is 10.3. The summed E-state index contributed by atoms with van der Waals surface area (Å²) in [4.78, 5) is 31.2. The number of aromatic hydroxyl groups is 1. The molecule has 2 aromatic rings. The number of imidazole rings is 1. The molecule has 7 nitrogen and oxygen atoms in total. The number of phenolic OH excluding ortho intramolecular Hbond substituents is 1. The van der Waals surface area contributed by atoms with Crippen molar-refractivity contribution in [2.45, 2.75) is 26.2 Å². The van der Waals surface area contributed by atoms with Gasteiger partial charge in [0.25, 0.3) is 0 Å². The van der Waals surface area contributed by atoms with Gasteiger partial charge in [0.1, 0.15) is 17.9 Å². The van der Waals surface area contributed by atoms with Crippen molar-refractivity contribution < 1.29 is 47.4 Å². The van der Waals surface area contributed by atoms with Gasteiger partial charge in [0, 0.05) is 50.9 Å². The van der Waals surface area contributed by atoms with Crippen LogP contribution in [0, 0.1) is 0 Å². The predicted molar refractivity (Wildman–Crippen MR) is 105 cm³/mol. The number of phenols is 1. The number of benzene rings is 1. The number of nitrogens with one attached hydrogen (secondary N) is 2. The molecule has 0 aliphatic carbocycles. The SMILES string of the molecule is CN/C(=C\c1nc[nH]c1C(C)(C)C)C(=O)[N-]/C(C=O)=C\c1cccc(O)c1.[Y]. The van der Waals surface area contributed by atoms with Crippen LogP contribution in [-0.4, -0.2) is 34.3 Å². The minimum absolute atomic E-state index is 0. The van der Waals surface area contributed by atoms with Crippen LogP contribution >= 0.6 is 0 Å². The van der Waals surface area contributed by atoms with Gasteiger partial charge in [0.05, 0.1) is 17.7 Å². The van der Waals surface area contributed by atoms with E-state index < -0.39 is 5.91 Å². The molecule has 0 saturated carbocycles. The Labute approximate surface area is 189 Å². The van der Waals surface area contributed by atoms with E-state index in [1.165, 1.54) is 18.2 Å². The van der Waals surface area contributed by atoms with Crippen LogP contribution in [0.1, 0.15) is 37.7 Å². The number of hydrogen-bond donors (Lipinski definition) is 3. The molecule has 0 unspecified atom stereocenters. The second-order valence-corrected chi connectivity index (χ2v) is 6.92. The summed E-state index contributed by atoms with van der Waals surface area (Å²) < 4.78 is 0. The van der Waals surface area contributed by atoms with Crippen molar-refractivity contribution in [3.63, 3.8) is 0 Å². The Kier molecular flexibility index (Phi) is 8.79. The van der Waals surface area contributed by atoms with Crippen molar-refractivity contribution in [1.82, 2.24) is 15.3 Å². The fourth-order valence-corrected chi connectivity index (χ4v) is 2.45. The molecule has 8 heteroatoms. The number of aromatic nitrogens is 2. The maximum absolute atomic E-state index is 12.5. The van der Waals surface area contributed by atoms with Crippen LogP contribution in [0.5, 0.6) is 5.75 Å². The van der Waals surface area contributed by atoms with Gasteiger partial charge in [-0.25, -0.2) is 4.98 Å². The molecule has 1 amide bonds. The van der Waals surface area contributed by atoms with Gasteiger partial charge in [-0.3, -0.25) is 4.79 Å². The van der Waals surface area contributed by atoms with Gasteiger partial charge in [0.2, 0.25) is 0 Å². The van der Waals surface area contributed by atoms with Crippen molar-refractivity contribution >= 4 is 24.3 Å². The molecule has 145 valence electrons. The van der Waals surface area contributed by atoms with Crippen LogP contribution < -0.4 is 5.32 Å². The maximum atomic E-state index is 12.5. The molecule has 0 aliphatic rings. The van der Waals surface area contributed by atoms with E-state index in [4.69, 9.17) is 0 Å². The summed E-state index contributed by atoms with van der Waals surface area (Å²) >= 11 is 0. The topological polar surface area (TPSA) is 109 Å². The maximum Gasteiger partial charge on any atom is 0.128 e. The number of amides is 1. The molecule has 1 radical (unpaired) electrons. The third-order valence-corrected chi connectivity index (χ3v) is 3.74. The minimum Gasteiger partial charge on any atom is -0.619 e. The van der Waals surface area contributed by atoms with Crippen LogP contribution in [0.15, 0.2) is 42.0 Å². The number of rotatable bonds is 6. The summed E-state index contributed by atoms with van der Waals surface area (Å²) in [6.07, 6.45) is 5.08. The van der Waals surface area contributed by atoms with Crippen LogP contribution in [-0.2, 0) is 47.7 Å². The average molecular weight is 456 g/mol. The van der Waals surface area contributed by atoms with Gasteiger partial charge in [-0.15, -0.1) is 0 Å². The van der Waals surface area contributed by atoms with Gasteiger partial charge < -0.3 is 25.5 Å². The molecule has 3 N–H and O–H groups in total. The zero-order chi connectivity index (χ0) is 20.0. The number of allylic oxidation sites excluding steroid dienone is 1. The quantitative estimate of drug-likeness (QED) is 0.457. The Morgan fingerprint density at radius 2 is 2.00 bits per heavy atom. The first kappa shape index (κ1) is 23.8. The zero-order valence-corrected chi connectivity index (χ0v) is 19.2. The van der Waals surface area contributed by atoms with E-state index >= 15 is 0 Å². The molecule has 0 bridgehead atoms. The van der Waals surface area contributed by atoms with Crippen molar-refractivity contribution in [3.8, 4) is 5.75 Å². The normalized spacial score (nSPS) is 12.1. The summed E-state index contributed by atoms with van der Waals surface area (Å²) in [5, 5.41) is 16.2. The Balaban J connectivity index is 0.00000392. The third kappa shape index (κ3) is 6.42. The molecule has 2 rings (SSSR count). The van der Waals surface area contributed by atoms with E-state index in [0.29, 0.717) is 17.5 Å². The van der Waals surface area contributed by atoms with Crippen molar-refractivity contribution in [2.75, 3.05) is 7.05 Å². The fraction of sp³-hybridized carbons (Fsp3) is 0.250. The molecule has 0 fully saturated rings. The Morgan fingerprint density at radius 3 is 2.57 bits per heavy atom. The molecular formula is C20H23N4O3Y-. The van der Waals surface area contributed by atoms with Crippen molar-refractivity contribution in [3.05, 3.63) is 64.3 Å². The van der Waals surface area contributed by atoms with Gasteiger partial charge in [0.15, 0.2) is 0 Å². The number of aldehydes is 1. The van der Waals surface area contributed by atoms with E-state index in [-0.39, 0.29) is 55.3 Å². The number of H-pyrrole nitrogens is 1. The molecule has 1 aromatic carbocycles. The van der Waals surface area contributed by atoms with E-state index in [1.54, 1.807) is 31.6 Å². The molecule has 28 heavy (non-hydrogen) atoms. The molecule has 0 aliphatic heterocycles. The van der Waals surface area contributed by atoms with E-state index in [9.17, 15) is 14.7 Å². The standard InChI is InChI=1S/C20H24N4O3.Y/c1-20(2,3)18-16(22-12-23-18)10-17(21-4)19(27)24-14(11-25)8-13-6-5-7-15(26)9-13;/h5-12,21H,1-4H3,(H3,22,23,24,26,27);/p-1/b14-8-;. The molecule has 1 heterocycles. The van der Waals surface area contributed by atoms with Crippen LogP contribution in [0.25, 0.3) is 17.5 Å². The number of hydrogen-bond acceptors (Lipinski definition) is 5. The largest absolute Gasteiger partial charge is 0.619 e. The van der Waals surface area contributed by atoms with Gasteiger partial charge in [-0.1, -0.05) is 44.7 Å². The first-order valence-corrected chi connectivity index (χ1v) is 8.40. The first-order chi connectivity index (χ1) is 12.7. The van der Waals surface area contributed by atoms with Gasteiger partial charge in [-0.2, -0.15) is 0 Å². The van der Waals surface area contributed by atoms with Crippen LogP contribution in [0.3, 0.4) is 0 Å². The number of nitrogens with zero attached hydrogens (tertiary/aromatic N) is 2. The molecule has 0 spiro atoms. The smallest absolute Gasteiger partial charge is 0.128 e. The van der Waals surface area contributed by atoms with E-state index in [2.05, 4.69) is 20.6 Å². The molecular weight excluding hydrogens is 433 g/mol. The Hall–Kier alpha value is -2.25. The third-order valence-electron chi connectivity index (χ3n) is 3.74. The molecule has 0 atom stereocenters. The van der Waals surface area contributed by atoms with E-state index in [1.807, 2.05) is 20.8 Å². The average Bonchev–Trinajstić information content (AvgIpc) is 3.07. The van der Waals surface area contributed by atoms with Crippen LogP contribution in [0.4, 0.5) is 0 Å². The molecule has 0 saturated heterocycles. The summed E-state index contributed by atoms with van der Waals surface area (Å²) in [7, 11) is 1.60. The number of carbonyl (C=O) groups excluding carboxylic acids is 2. The van der Waals surface area contributed by atoms with Gasteiger partial charge in [-0.05, 0) is 23.8 Å². The summed E-state index contributed by atoms with van der Waals surface area (Å²) in [5.74, 6) is -0.539. The Bertz CT molecular complexity index is 895. The summed E-state index contributed by atoms with van der Waals surface area (Å²) in [6.45, 7) is 6.10. The summed E-state index contributed by atoms with van der Waals surface area (Å²) in [5.41, 5.74) is 2.05. The number of aromatic amines is 1. The van der Waals surface area contributed by atoms with Crippen LogP contribution in [0.2, 0.25) is 0 Å².